The van der Waals surface area contributed by atoms with Crippen molar-refractivity contribution in [2.75, 3.05) is 19.7 Å². The first-order valence-corrected chi connectivity index (χ1v) is 10.2. The maximum absolute atomic E-state index is 12.6. The minimum atomic E-state index is -0.586. The van der Waals surface area contributed by atoms with Gasteiger partial charge < -0.3 is 15.2 Å². The Hall–Kier alpha value is -2.78. The second-order valence-corrected chi connectivity index (χ2v) is 7.84. The lowest BCUT2D eigenvalue weighted by Gasteiger charge is -2.31. The minimum Gasteiger partial charge on any atom is -0.463 e. The Balaban J connectivity index is 1.88. The molecule has 0 aliphatic carbocycles. The average Bonchev–Trinajstić information content (AvgIpc) is 2.68. The van der Waals surface area contributed by atoms with Crippen molar-refractivity contribution in [1.82, 2.24) is 4.90 Å². The van der Waals surface area contributed by atoms with E-state index in [0.29, 0.717) is 11.3 Å². The van der Waals surface area contributed by atoms with Crippen molar-refractivity contribution in [2.45, 2.75) is 46.1 Å². The molecule has 0 amide bonds. The zero-order valence-corrected chi connectivity index (χ0v) is 17.4. The Kier molecular flexibility index (Phi) is 6.60. The number of likely N-dealkylation sites (tertiary alicyclic amines) is 1. The van der Waals surface area contributed by atoms with Gasteiger partial charge in [-0.2, -0.15) is 5.26 Å². The van der Waals surface area contributed by atoms with E-state index in [-0.39, 0.29) is 18.1 Å². The summed E-state index contributed by atoms with van der Waals surface area (Å²) in [7, 11) is 0. The van der Waals surface area contributed by atoms with E-state index in [1.54, 1.807) is 13.8 Å². The number of carbonyl (C=O) groups excluding carboxylic acids is 1. The van der Waals surface area contributed by atoms with Crippen LogP contribution in [0.2, 0.25) is 0 Å². The van der Waals surface area contributed by atoms with Gasteiger partial charge in [0.15, 0.2) is 0 Å². The molecule has 3 rings (SSSR count). The number of allylic oxidation sites excluding steroid dienone is 2. The standard InChI is InChI=1S/C23H29N3O3/c1-4-28-23(27)20-16(3)29-22(25)19(12-24)21(20)18-9-7-17(8-10-18)14-26-11-5-6-15(2)13-26/h7-10,15,21H,4-6,11,13-14,25H2,1-3H3. The van der Waals surface area contributed by atoms with Crippen LogP contribution in [0.4, 0.5) is 0 Å². The molecule has 0 bridgehead atoms. The number of rotatable bonds is 5. The highest BCUT2D eigenvalue weighted by molar-refractivity contribution is 5.92. The number of piperidine rings is 1. The molecular weight excluding hydrogens is 366 g/mol. The quantitative estimate of drug-likeness (QED) is 0.767. The number of benzene rings is 1. The Morgan fingerprint density at radius 2 is 2.10 bits per heavy atom. The topological polar surface area (TPSA) is 88.6 Å². The van der Waals surface area contributed by atoms with Crippen LogP contribution in [0.5, 0.6) is 0 Å². The van der Waals surface area contributed by atoms with Crippen LogP contribution in [-0.2, 0) is 20.8 Å². The molecule has 1 saturated heterocycles. The smallest absolute Gasteiger partial charge is 0.338 e. The lowest BCUT2D eigenvalue weighted by molar-refractivity contribution is -0.139. The van der Waals surface area contributed by atoms with Crippen LogP contribution in [0, 0.1) is 17.2 Å². The highest BCUT2D eigenvalue weighted by atomic mass is 16.5. The molecule has 6 heteroatoms. The minimum absolute atomic E-state index is 0.0365. The van der Waals surface area contributed by atoms with Gasteiger partial charge in [-0.3, -0.25) is 4.90 Å². The first kappa shape index (κ1) is 20.9. The Morgan fingerprint density at radius 3 is 2.72 bits per heavy atom. The van der Waals surface area contributed by atoms with E-state index < -0.39 is 11.9 Å². The fourth-order valence-electron chi connectivity index (χ4n) is 4.19. The van der Waals surface area contributed by atoms with Gasteiger partial charge in [-0.05, 0) is 50.3 Å². The van der Waals surface area contributed by atoms with Gasteiger partial charge in [-0.15, -0.1) is 0 Å². The summed E-state index contributed by atoms with van der Waals surface area (Å²) in [5, 5.41) is 9.66. The summed E-state index contributed by atoms with van der Waals surface area (Å²) >= 11 is 0. The molecule has 2 aliphatic rings. The lowest BCUT2D eigenvalue weighted by Crippen LogP contribution is -2.33. The Bertz CT molecular complexity index is 864. The SMILES string of the molecule is CCOC(=O)C1=C(C)OC(N)=C(C#N)C1c1ccc(CN2CCCC(C)C2)cc1. The molecule has 0 spiro atoms. The second-order valence-electron chi connectivity index (χ2n) is 7.84. The van der Waals surface area contributed by atoms with E-state index in [1.165, 1.54) is 18.4 Å². The molecule has 1 fully saturated rings. The van der Waals surface area contributed by atoms with E-state index in [9.17, 15) is 10.1 Å². The molecule has 29 heavy (non-hydrogen) atoms. The van der Waals surface area contributed by atoms with Crippen LogP contribution >= 0.6 is 0 Å². The molecule has 0 radical (unpaired) electrons. The number of hydrogen-bond acceptors (Lipinski definition) is 6. The van der Waals surface area contributed by atoms with E-state index in [1.807, 2.05) is 12.1 Å². The molecular formula is C23H29N3O3. The van der Waals surface area contributed by atoms with E-state index in [4.69, 9.17) is 15.2 Å². The number of carbonyl (C=O) groups is 1. The predicted molar refractivity (Wildman–Crippen MR) is 110 cm³/mol. The molecule has 0 saturated carbocycles. The van der Waals surface area contributed by atoms with Crippen LogP contribution in [0.1, 0.15) is 50.7 Å². The van der Waals surface area contributed by atoms with Crippen molar-refractivity contribution in [1.29, 1.82) is 5.26 Å². The summed E-state index contributed by atoms with van der Waals surface area (Å²) < 4.78 is 10.7. The molecule has 2 atom stereocenters. The van der Waals surface area contributed by atoms with Crippen molar-refractivity contribution in [3.63, 3.8) is 0 Å². The van der Waals surface area contributed by atoms with Crippen LogP contribution in [0.25, 0.3) is 0 Å². The number of nitrogens with zero attached hydrogens (tertiary/aromatic N) is 2. The number of esters is 1. The zero-order chi connectivity index (χ0) is 21.0. The molecule has 154 valence electrons. The lowest BCUT2D eigenvalue weighted by atomic mass is 9.83. The second kappa shape index (κ2) is 9.15. The number of hydrogen-bond donors (Lipinski definition) is 1. The third-order valence-electron chi connectivity index (χ3n) is 5.56. The molecule has 2 unspecified atom stereocenters. The third kappa shape index (κ3) is 4.63. The number of nitriles is 1. The molecule has 0 aromatic heterocycles. The summed E-state index contributed by atoms with van der Waals surface area (Å²) in [6, 6.07) is 10.2. The van der Waals surface area contributed by atoms with Crippen LogP contribution < -0.4 is 5.73 Å². The van der Waals surface area contributed by atoms with Gasteiger partial charge in [0, 0.05) is 13.1 Å². The van der Waals surface area contributed by atoms with E-state index in [2.05, 4.69) is 30.0 Å². The first-order chi connectivity index (χ1) is 13.9. The fourth-order valence-corrected chi connectivity index (χ4v) is 4.19. The third-order valence-corrected chi connectivity index (χ3v) is 5.56. The predicted octanol–water partition coefficient (Wildman–Crippen LogP) is 3.56. The summed E-state index contributed by atoms with van der Waals surface area (Å²) in [4.78, 5) is 15.1. The number of ether oxygens (including phenoxy) is 2. The molecule has 2 aliphatic heterocycles. The molecule has 2 heterocycles. The molecule has 1 aromatic carbocycles. The maximum atomic E-state index is 12.6. The van der Waals surface area contributed by atoms with Crippen molar-refractivity contribution in [3.8, 4) is 6.07 Å². The molecule has 6 nitrogen and oxygen atoms in total. The first-order valence-electron chi connectivity index (χ1n) is 10.2. The summed E-state index contributed by atoms with van der Waals surface area (Å²) in [6.07, 6.45) is 2.54. The van der Waals surface area contributed by atoms with Crippen LogP contribution in [0.15, 0.2) is 47.1 Å². The van der Waals surface area contributed by atoms with Crippen molar-refractivity contribution in [3.05, 3.63) is 58.2 Å². The van der Waals surface area contributed by atoms with E-state index in [0.717, 1.165) is 31.1 Å². The monoisotopic (exact) mass is 395 g/mol. The zero-order valence-electron chi connectivity index (χ0n) is 17.4. The van der Waals surface area contributed by atoms with Gasteiger partial charge in [-0.1, -0.05) is 31.2 Å². The van der Waals surface area contributed by atoms with Crippen molar-refractivity contribution >= 4 is 5.97 Å². The van der Waals surface area contributed by atoms with Gasteiger partial charge in [0.1, 0.15) is 17.4 Å². The van der Waals surface area contributed by atoms with Gasteiger partial charge in [0.05, 0.1) is 18.1 Å². The van der Waals surface area contributed by atoms with Crippen molar-refractivity contribution < 1.29 is 14.3 Å². The maximum Gasteiger partial charge on any atom is 0.338 e. The van der Waals surface area contributed by atoms with E-state index >= 15 is 0 Å². The van der Waals surface area contributed by atoms with Crippen LogP contribution in [0.3, 0.4) is 0 Å². The van der Waals surface area contributed by atoms with Gasteiger partial charge in [0.25, 0.3) is 0 Å². The highest BCUT2D eigenvalue weighted by Crippen LogP contribution is 2.39. The average molecular weight is 396 g/mol. The number of nitrogens with two attached hydrogens (primary N) is 1. The normalized spacial score (nSPS) is 22.8. The Labute approximate surface area is 172 Å². The van der Waals surface area contributed by atoms with Gasteiger partial charge >= 0.3 is 5.97 Å². The largest absolute Gasteiger partial charge is 0.463 e. The van der Waals surface area contributed by atoms with Crippen LogP contribution in [-0.4, -0.2) is 30.6 Å². The molecule has 1 aromatic rings. The summed E-state index contributed by atoms with van der Waals surface area (Å²) in [6.45, 7) is 9.11. The van der Waals surface area contributed by atoms with Gasteiger partial charge in [0.2, 0.25) is 5.88 Å². The fraction of sp³-hybridized carbons (Fsp3) is 0.478. The summed E-state index contributed by atoms with van der Waals surface area (Å²) in [5.74, 6) is 0.0704. The molecule has 2 N–H and O–H groups in total. The van der Waals surface area contributed by atoms with Crippen molar-refractivity contribution in [2.24, 2.45) is 11.7 Å². The Morgan fingerprint density at radius 1 is 1.38 bits per heavy atom. The van der Waals surface area contributed by atoms with Gasteiger partial charge in [-0.25, -0.2) is 4.79 Å². The highest BCUT2D eigenvalue weighted by Gasteiger charge is 2.36. The summed E-state index contributed by atoms with van der Waals surface area (Å²) in [5.41, 5.74) is 8.55.